The van der Waals surface area contributed by atoms with Crippen LogP contribution < -0.4 is 9.91 Å². The number of benzene rings is 2. The van der Waals surface area contributed by atoms with Crippen LogP contribution >= 0.6 is 0 Å². The van der Waals surface area contributed by atoms with E-state index < -0.39 is 0 Å². The van der Waals surface area contributed by atoms with Gasteiger partial charge in [0, 0.05) is 29.0 Å². The summed E-state index contributed by atoms with van der Waals surface area (Å²) in [7, 11) is 0. The number of allylic oxidation sites excluding steroid dienone is 2. The largest absolute Gasteiger partial charge is 0.297 e. The molecule has 0 N–H and O–H groups in total. The molecule has 0 saturated heterocycles. The van der Waals surface area contributed by atoms with E-state index in [1.165, 1.54) is 11.1 Å². The van der Waals surface area contributed by atoms with Crippen molar-refractivity contribution in [3.63, 3.8) is 0 Å². The van der Waals surface area contributed by atoms with Gasteiger partial charge in [-0.05, 0) is 121 Å². The van der Waals surface area contributed by atoms with Gasteiger partial charge in [-0.2, -0.15) is 0 Å². The normalized spacial score (nSPS) is 15.4. The van der Waals surface area contributed by atoms with Crippen LogP contribution in [0, 0.1) is 0 Å². The Morgan fingerprint density at radius 2 is 1.10 bits per heavy atom. The molecular weight excluding hydrogens is 587 g/mol. The minimum atomic E-state index is 0.378. The third-order valence-corrected chi connectivity index (χ3v) is 10.2. The van der Waals surface area contributed by atoms with Crippen molar-refractivity contribution in [2.45, 2.75) is 105 Å². The Kier molecular flexibility index (Phi) is 11.8. The lowest BCUT2D eigenvalue weighted by Gasteiger charge is -2.39. The van der Waals surface area contributed by atoms with Crippen molar-refractivity contribution in [3.8, 4) is 0 Å². The molecule has 0 spiro atoms. The second kappa shape index (κ2) is 16.1. The van der Waals surface area contributed by atoms with Crippen LogP contribution in [0.5, 0.6) is 0 Å². The number of pyridine rings is 2. The van der Waals surface area contributed by atoms with Crippen molar-refractivity contribution in [1.82, 2.24) is 15.0 Å². The first-order valence-electron chi connectivity index (χ1n) is 18.2. The van der Waals surface area contributed by atoms with Gasteiger partial charge < -0.3 is 0 Å². The summed E-state index contributed by atoms with van der Waals surface area (Å²) in [6.45, 7) is 18.7. The Hall–Kier alpha value is -4.38. The standard InChI is InChI=1S/C43H55N5/c1-9-31(5)35-18-13-20-37(28-35)47(42-25-15-23-40(44-42)33(7)11-3)39-22-17-27-46(30-39)48(38-21-14-19-36(29-38)32(6)10-2)43-26-16-24-41(45-43)34(8)12-4/h13-29,31-34H,9-12,30H2,1-8H3. The van der Waals surface area contributed by atoms with Gasteiger partial charge in [-0.15, -0.1) is 0 Å². The Morgan fingerprint density at radius 1 is 0.604 bits per heavy atom. The first-order valence-corrected chi connectivity index (χ1v) is 18.2. The van der Waals surface area contributed by atoms with Crippen LogP contribution in [0.1, 0.15) is 127 Å². The third kappa shape index (κ3) is 7.84. The molecule has 0 saturated carbocycles. The maximum atomic E-state index is 5.27. The van der Waals surface area contributed by atoms with Gasteiger partial charge >= 0.3 is 0 Å². The molecule has 48 heavy (non-hydrogen) atoms. The number of hydrogen-bond donors (Lipinski definition) is 0. The molecular formula is C43H55N5. The zero-order chi connectivity index (χ0) is 34.2. The molecule has 0 aliphatic carbocycles. The van der Waals surface area contributed by atoms with E-state index in [0.29, 0.717) is 30.2 Å². The van der Waals surface area contributed by atoms with Crippen molar-refractivity contribution in [3.05, 3.63) is 131 Å². The molecule has 5 heteroatoms. The maximum absolute atomic E-state index is 5.27. The van der Waals surface area contributed by atoms with E-state index >= 15 is 0 Å². The van der Waals surface area contributed by atoms with Crippen LogP contribution in [0.25, 0.3) is 0 Å². The molecule has 3 heterocycles. The fourth-order valence-electron chi connectivity index (χ4n) is 6.16. The lowest BCUT2D eigenvalue weighted by molar-refractivity contribution is 0.403. The molecule has 4 atom stereocenters. The highest BCUT2D eigenvalue weighted by atomic mass is 15.6. The van der Waals surface area contributed by atoms with Gasteiger partial charge in [-0.25, -0.2) is 15.0 Å². The molecule has 2 aromatic heterocycles. The Balaban J connectivity index is 1.62. The monoisotopic (exact) mass is 641 g/mol. The van der Waals surface area contributed by atoms with Crippen LogP contribution in [0.3, 0.4) is 0 Å². The van der Waals surface area contributed by atoms with Gasteiger partial charge in [-0.3, -0.25) is 9.91 Å². The number of hydrogen-bond acceptors (Lipinski definition) is 5. The minimum absolute atomic E-state index is 0.378. The summed E-state index contributed by atoms with van der Waals surface area (Å²) in [4.78, 5) is 12.9. The number of rotatable bonds is 14. The third-order valence-electron chi connectivity index (χ3n) is 10.2. The molecule has 0 radical (unpaired) electrons. The van der Waals surface area contributed by atoms with E-state index in [9.17, 15) is 0 Å². The lowest BCUT2D eigenvalue weighted by Crippen LogP contribution is -2.41. The topological polar surface area (TPSA) is 35.5 Å². The highest BCUT2D eigenvalue weighted by Gasteiger charge is 2.26. The number of aromatic nitrogens is 2. The lowest BCUT2D eigenvalue weighted by atomic mass is 9.98. The highest BCUT2D eigenvalue weighted by molar-refractivity contribution is 5.68. The van der Waals surface area contributed by atoms with Crippen molar-refractivity contribution in [1.29, 1.82) is 0 Å². The van der Waals surface area contributed by atoms with Crippen molar-refractivity contribution < 1.29 is 0 Å². The van der Waals surface area contributed by atoms with E-state index in [4.69, 9.17) is 9.97 Å². The van der Waals surface area contributed by atoms with Crippen LogP contribution in [0.2, 0.25) is 0 Å². The maximum Gasteiger partial charge on any atom is 0.152 e. The molecule has 0 amide bonds. The molecule has 0 fully saturated rings. The average Bonchev–Trinajstić information content (AvgIpc) is 3.14. The van der Waals surface area contributed by atoms with Gasteiger partial charge in [0.25, 0.3) is 0 Å². The number of hydrazine groups is 1. The van der Waals surface area contributed by atoms with E-state index in [0.717, 1.165) is 65.8 Å². The zero-order valence-electron chi connectivity index (χ0n) is 30.4. The SMILES string of the molecule is CCC(C)c1cccc(N(C2=CC=CN(N(c3cccc(C(C)CC)c3)c3cccc(C(C)CC)n3)C2)c2cccc(C(C)CC)n2)c1. The second-order valence-electron chi connectivity index (χ2n) is 13.5. The van der Waals surface area contributed by atoms with Crippen LogP contribution in [0.4, 0.5) is 23.0 Å². The van der Waals surface area contributed by atoms with Gasteiger partial charge in [0.2, 0.25) is 0 Å². The quantitative estimate of drug-likeness (QED) is 0.137. The van der Waals surface area contributed by atoms with Crippen molar-refractivity contribution >= 4 is 23.0 Å². The van der Waals surface area contributed by atoms with Crippen molar-refractivity contribution in [2.24, 2.45) is 0 Å². The predicted molar refractivity (Wildman–Crippen MR) is 204 cm³/mol. The fraction of sp³-hybridized carbons (Fsp3) is 0.395. The first-order chi connectivity index (χ1) is 23.3. The number of nitrogens with zero attached hydrogens (tertiary/aromatic N) is 5. The molecule has 252 valence electrons. The molecule has 5 nitrogen and oxygen atoms in total. The number of anilines is 4. The summed E-state index contributed by atoms with van der Waals surface area (Å²) in [5, 5.41) is 4.59. The Labute approximate surface area is 290 Å². The van der Waals surface area contributed by atoms with Crippen LogP contribution in [-0.4, -0.2) is 21.5 Å². The summed E-state index contributed by atoms with van der Waals surface area (Å²) in [6, 6.07) is 30.9. The minimum Gasteiger partial charge on any atom is -0.297 e. The van der Waals surface area contributed by atoms with Crippen LogP contribution in [0.15, 0.2) is 109 Å². The fourth-order valence-corrected chi connectivity index (χ4v) is 6.16. The Morgan fingerprint density at radius 3 is 1.69 bits per heavy atom. The van der Waals surface area contributed by atoms with E-state index in [1.807, 2.05) is 0 Å². The van der Waals surface area contributed by atoms with Gasteiger partial charge in [0.05, 0.1) is 12.2 Å². The van der Waals surface area contributed by atoms with Gasteiger partial charge in [0.1, 0.15) is 5.82 Å². The average molecular weight is 642 g/mol. The summed E-state index contributed by atoms with van der Waals surface area (Å²) in [5.41, 5.74) is 8.30. The van der Waals surface area contributed by atoms with Gasteiger partial charge in [-0.1, -0.05) is 91.8 Å². The van der Waals surface area contributed by atoms with E-state index in [2.05, 4.69) is 174 Å². The zero-order valence-corrected chi connectivity index (χ0v) is 30.4. The summed E-state index contributed by atoms with van der Waals surface area (Å²) in [6.07, 6.45) is 10.9. The molecule has 4 unspecified atom stereocenters. The summed E-state index contributed by atoms with van der Waals surface area (Å²) >= 11 is 0. The molecule has 0 bridgehead atoms. The molecule has 4 aromatic rings. The molecule has 5 rings (SSSR count). The smallest absolute Gasteiger partial charge is 0.152 e. The van der Waals surface area contributed by atoms with Crippen LogP contribution in [-0.2, 0) is 0 Å². The Bertz CT molecular complexity index is 1600. The van der Waals surface area contributed by atoms with E-state index in [-0.39, 0.29) is 0 Å². The summed E-state index contributed by atoms with van der Waals surface area (Å²) in [5.74, 6) is 3.56. The first kappa shape index (κ1) is 34.9. The second-order valence-corrected chi connectivity index (χ2v) is 13.5. The molecule has 1 aliphatic heterocycles. The van der Waals surface area contributed by atoms with E-state index in [1.54, 1.807) is 0 Å². The highest BCUT2D eigenvalue weighted by Crippen LogP contribution is 2.37. The van der Waals surface area contributed by atoms with Crippen molar-refractivity contribution in [2.75, 3.05) is 16.5 Å². The molecule has 2 aromatic carbocycles. The van der Waals surface area contributed by atoms with Gasteiger partial charge in [0.15, 0.2) is 5.82 Å². The summed E-state index contributed by atoms with van der Waals surface area (Å²) < 4.78 is 0. The predicted octanol–water partition coefficient (Wildman–Crippen LogP) is 12.1. The molecule has 1 aliphatic rings.